The largest absolute Gasteiger partial charge is 0.486 e. The normalized spacial score (nSPS) is 14.1. The Labute approximate surface area is 122 Å². The van der Waals surface area contributed by atoms with Crippen LogP contribution in [0.1, 0.15) is 12.5 Å². The number of hydrogen-bond donors (Lipinski definition) is 3. The Balaban J connectivity index is 1.78. The Morgan fingerprint density at radius 1 is 1.29 bits per heavy atom. The van der Waals surface area contributed by atoms with Crippen LogP contribution >= 0.6 is 0 Å². The maximum absolute atomic E-state index is 11.5. The smallest absolute Gasteiger partial charge is 0.325 e. The number of carboxylic acid groups (broad SMARTS) is 1. The van der Waals surface area contributed by atoms with E-state index in [2.05, 4.69) is 10.6 Å². The second-order valence-electron chi connectivity index (χ2n) is 4.69. The summed E-state index contributed by atoms with van der Waals surface area (Å²) in [6.07, 6.45) is 0.617. The molecule has 1 aliphatic rings. The number of carboxylic acids is 1. The van der Waals surface area contributed by atoms with Crippen LogP contribution in [0.25, 0.3) is 0 Å². The van der Waals surface area contributed by atoms with E-state index in [0.29, 0.717) is 31.9 Å². The number of fused-ring (bicyclic) bond motifs is 1. The molecule has 0 saturated carbocycles. The van der Waals surface area contributed by atoms with Crippen LogP contribution < -0.4 is 20.1 Å². The predicted molar refractivity (Wildman–Crippen MR) is 74.8 cm³/mol. The maximum atomic E-state index is 11.5. The van der Waals surface area contributed by atoms with Crippen LogP contribution in [-0.4, -0.2) is 42.9 Å². The van der Waals surface area contributed by atoms with Crippen molar-refractivity contribution >= 4 is 12.0 Å². The zero-order chi connectivity index (χ0) is 15.2. The van der Waals surface area contributed by atoms with E-state index in [1.807, 2.05) is 18.2 Å². The summed E-state index contributed by atoms with van der Waals surface area (Å²) >= 11 is 0. The fraction of sp³-hybridized carbons (Fsp3) is 0.429. The molecular weight excluding hydrogens is 276 g/mol. The van der Waals surface area contributed by atoms with Gasteiger partial charge in [0.2, 0.25) is 0 Å². The van der Waals surface area contributed by atoms with Gasteiger partial charge in [-0.3, -0.25) is 4.79 Å². The van der Waals surface area contributed by atoms with E-state index in [-0.39, 0.29) is 0 Å². The molecule has 114 valence electrons. The molecule has 1 heterocycles. The van der Waals surface area contributed by atoms with E-state index < -0.39 is 18.0 Å². The zero-order valence-electron chi connectivity index (χ0n) is 11.7. The van der Waals surface area contributed by atoms with Gasteiger partial charge in [0.15, 0.2) is 11.5 Å². The molecule has 2 amide bonds. The standard InChI is InChI=1S/C14H18N2O5/c1-9(13(17)18)16-14(19)15-5-4-10-2-3-11-12(8-10)21-7-6-20-11/h2-3,8-9H,4-7H2,1H3,(H,17,18)(H2,15,16,19). The van der Waals surface area contributed by atoms with Crippen molar-refractivity contribution in [2.75, 3.05) is 19.8 Å². The first-order valence-corrected chi connectivity index (χ1v) is 6.72. The van der Waals surface area contributed by atoms with E-state index in [1.54, 1.807) is 0 Å². The Bertz CT molecular complexity index is 532. The first-order chi connectivity index (χ1) is 10.1. The lowest BCUT2D eigenvalue weighted by Gasteiger charge is -2.19. The highest BCUT2D eigenvalue weighted by Crippen LogP contribution is 2.30. The molecule has 0 aliphatic carbocycles. The van der Waals surface area contributed by atoms with Crippen LogP contribution in [0.5, 0.6) is 11.5 Å². The molecular formula is C14H18N2O5. The Morgan fingerprint density at radius 2 is 2.00 bits per heavy atom. The van der Waals surface area contributed by atoms with Gasteiger partial charge in [-0.05, 0) is 31.0 Å². The van der Waals surface area contributed by atoms with E-state index >= 15 is 0 Å². The Hall–Kier alpha value is -2.44. The fourth-order valence-corrected chi connectivity index (χ4v) is 1.87. The van der Waals surface area contributed by atoms with Crippen molar-refractivity contribution in [3.8, 4) is 11.5 Å². The molecule has 0 bridgehead atoms. The third-order valence-electron chi connectivity index (χ3n) is 3.02. The van der Waals surface area contributed by atoms with E-state index in [1.165, 1.54) is 6.92 Å². The summed E-state index contributed by atoms with van der Waals surface area (Å²) in [7, 11) is 0. The average Bonchev–Trinajstić information content (AvgIpc) is 2.47. The number of urea groups is 1. The second-order valence-corrected chi connectivity index (χ2v) is 4.69. The zero-order valence-corrected chi connectivity index (χ0v) is 11.7. The van der Waals surface area contributed by atoms with Gasteiger partial charge in [0.05, 0.1) is 0 Å². The molecule has 1 aromatic carbocycles. The van der Waals surface area contributed by atoms with Crippen LogP contribution in [0.15, 0.2) is 18.2 Å². The van der Waals surface area contributed by atoms with Gasteiger partial charge in [-0.1, -0.05) is 6.07 Å². The highest BCUT2D eigenvalue weighted by atomic mass is 16.6. The number of carbonyl (C=O) groups excluding carboxylic acids is 1. The molecule has 3 N–H and O–H groups in total. The third kappa shape index (κ3) is 4.27. The van der Waals surface area contributed by atoms with Crippen molar-refractivity contribution in [3.63, 3.8) is 0 Å². The summed E-state index contributed by atoms with van der Waals surface area (Å²) in [6.45, 7) is 2.89. The van der Waals surface area contributed by atoms with Crippen molar-refractivity contribution in [1.82, 2.24) is 10.6 Å². The van der Waals surface area contributed by atoms with Crippen molar-refractivity contribution in [3.05, 3.63) is 23.8 Å². The van der Waals surface area contributed by atoms with E-state index in [0.717, 1.165) is 11.3 Å². The van der Waals surface area contributed by atoms with Gasteiger partial charge in [0.1, 0.15) is 19.3 Å². The average molecular weight is 294 g/mol. The number of benzene rings is 1. The van der Waals surface area contributed by atoms with Crippen molar-refractivity contribution in [1.29, 1.82) is 0 Å². The van der Waals surface area contributed by atoms with Gasteiger partial charge in [0.25, 0.3) is 0 Å². The number of nitrogens with one attached hydrogen (secondary N) is 2. The molecule has 1 atom stereocenters. The SMILES string of the molecule is CC(NC(=O)NCCc1ccc2c(c1)OCCO2)C(=O)O. The lowest BCUT2D eigenvalue weighted by atomic mass is 10.1. The highest BCUT2D eigenvalue weighted by molar-refractivity contribution is 5.82. The van der Waals surface area contributed by atoms with Crippen molar-refractivity contribution in [2.24, 2.45) is 0 Å². The molecule has 0 radical (unpaired) electrons. The summed E-state index contributed by atoms with van der Waals surface area (Å²) in [6, 6.07) is 4.22. The number of amides is 2. The first kappa shape index (κ1) is 15.0. The molecule has 1 aliphatic heterocycles. The summed E-state index contributed by atoms with van der Waals surface area (Å²) in [5.74, 6) is 0.366. The molecule has 1 aromatic rings. The molecule has 1 unspecified atom stereocenters. The van der Waals surface area contributed by atoms with Gasteiger partial charge < -0.3 is 25.2 Å². The molecule has 21 heavy (non-hydrogen) atoms. The summed E-state index contributed by atoms with van der Waals surface area (Å²) < 4.78 is 10.9. The van der Waals surface area contributed by atoms with Crippen LogP contribution in [0.4, 0.5) is 4.79 Å². The fourth-order valence-electron chi connectivity index (χ4n) is 1.87. The quantitative estimate of drug-likeness (QED) is 0.745. The number of ether oxygens (including phenoxy) is 2. The van der Waals surface area contributed by atoms with Gasteiger partial charge in [-0.15, -0.1) is 0 Å². The molecule has 7 heteroatoms. The number of carbonyl (C=O) groups is 2. The Morgan fingerprint density at radius 3 is 2.71 bits per heavy atom. The first-order valence-electron chi connectivity index (χ1n) is 6.72. The monoisotopic (exact) mass is 294 g/mol. The van der Waals surface area contributed by atoms with Gasteiger partial charge in [0, 0.05) is 6.54 Å². The third-order valence-corrected chi connectivity index (χ3v) is 3.02. The predicted octanol–water partition coefficient (Wildman–Crippen LogP) is 0.773. The van der Waals surface area contributed by atoms with Crippen LogP contribution in [0.2, 0.25) is 0 Å². The maximum Gasteiger partial charge on any atom is 0.325 e. The minimum absolute atomic E-state index is 0.401. The van der Waals surface area contributed by atoms with Gasteiger partial charge in [-0.25, -0.2) is 4.79 Å². The highest BCUT2D eigenvalue weighted by Gasteiger charge is 2.14. The Kier molecular flexibility index (Phi) is 4.86. The van der Waals surface area contributed by atoms with E-state index in [9.17, 15) is 9.59 Å². The van der Waals surface area contributed by atoms with Gasteiger partial charge in [-0.2, -0.15) is 0 Å². The molecule has 7 nitrogen and oxygen atoms in total. The summed E-state index contributed by atoms with van der Waals surface area (Å²) in [5, 5.41) is 13.6. The lowest BCUT2D eigenvalue weighted by Crippen LogP contribution is -2.44. The second kappa shape index (κ2) is 6.83. The van der Waals surface area contributed by atoms with Crippen LogP contribution in [0, 0.1) is 0 Å². The van der Waals surface area contributed by atoms with Crippen LogP contribution in [-0.2, 0) is 11.2 Å². The minimum Gasteiger partial charge on any atom is -0.486 e. The lowest BCUT2D eigenvalue weighted by molar-refractivity contribution is -0.138. The summed E-state index contributed by atoms with van der Waals surface area (Å²) in [5.41, 5.74) is 1.01. The summed E-state index contributed by atoms with van der Waals surface area (Å²) in [4.78, 5) is 22.0. The topological polar surface area (TPSA) is 96.9 Å². The van der Waals surface area contributed by atoms with Gasteiger partial charge >= 0.3 is 12.0 Å². The minimum atomic E-state index is -1.07. The molecule has 0 saturated heterocycles. The van der Waals surface area contributed by atoms with Crippen molar-refractivity contribution in [2.45, 2.75) is 19.4 Å². The van der Waals surface area contributed by atoms with Crippen molar-refractivity contribution < 1.29 is 24.2 Å². The number of rotatable bonds is 5. The molecule has 0 aromatic heterocycles. The molecule has 0 fully saturated rings. The van der Waals surface area contributed by atoms with Crippen LogP contribution in [0.3, 0.4) is 0 Å². The number of hydrogen-bond acceptors (Lipinski definition) is 4. The number of aliphatic carboxylic acids is 1. The molecule has 0 spiro atoms. The van der Waals surface area contributed by atoms with E-state index in [4.69, 9.17) is 14.6 Å². The molecule has 2 rings (SSSR count).